The molecule has 0 aliphatic carbocycles. The number of hydrogen-bond donors (Lipinski definition) is 1. The number of anilines is 1. The zero-order valence-electron chi connectivity index (χ0n) is 9.69. The number of esters is 1. The highest BCUT2D eigenvalue weighted by Gasteiger charge is 2.46. The Bertz CT molecular complexity index is 479. The lowest BCUT2D eigenvalue weighted by atomic mass is 9.78. The molecule has 0 saturated carbocycles. The van der Waals surface area contributed by atoms with Crippen molar-refractivity contribution >= 4 is 11.7 Å². The maximum absolute atomic E-state index is 12.0. The summed E-state index contributed by atoms with van der Waals surface area (Å²) in [4.78, 5) is 12.0. The van der Waals surface area contributed by atoms with E-state index in [0.29, 0.717) is 19.4 Å². The molecule has 1 aromatic rings. The fraction of sp³-hybridized carbons (Fsp3) is 0.385. The molecule has 4 heteroatoms. The third kappa shape index (κ3) is 1.74. The van der Waals surface area contributed by atoms with Gasteiger partial charge in [-0.1, -0.05) is 18.2 Å². The molecule has 1 unspecified atom stereocenters. The topological polar surface area (TPSA) is 62.1 Å². The molecule has 0 bridgehead atoms. The van der Waals surface area contributed by atoms with Crippen LogP contribution in [0.5, 0.6) is 0 Å². The number of ether oxygens (including phenoxy) is 1. The normalized spacial score (nSPS) is 21.2. The number of methoxy groups -OCH3 is 1. The number of nitrogens with zero attached hydrogens (tertiary/aromatic N) is 1. The molecule has 0 amide bonds. The molecule has 4 nitrogen and oxygen atoms in total. The van der Waals surface area contributed by atoms with Gasteiger partial charge in [0.2, 0.25) is 0 Å². The average Bonchev–Trinajstić information content (AvgIpc) is 2.76. The number of hydrogen-bond acceptors (Lipinski definition) is 4. The van der Waals surface area contributed by atoms with Gasteiger partial charge in [-0.2, -0.15) is 5.26 Å². The predicted octanol–water partition coefficient (Wildman–Crippen LogP) is 1.83. The van der Waals surface area contributed by atoms with Crippen LogP contribution in [-0.4, -0.2) is 19.6 Å². The molecular formula is C13H14N2O2. The SMILES string of the molecule is COC(=O)C1(CCC#N)CNc2ccccc21. The Kier molecular flexibility index (Phi) is 3.01. The number of para-hydroxylation sites is 1. The van der Waals surface area contributed by atoms with Crippen LogP contribution in [0.25, 0.3) is 0 Å². The molecule has 0 fully saturated rings. The lowest BCUT2D eigenvalue weighted by Gasteiger charge is -2.25. The zero-order chi connectivity index (χ0) is 12.3. The second-order valence-electron chi connectivity index (χ2n) is 4.13. The van der Waals surface area contributed by atoms with Crippen molar-refractivity contribution in [1.82, 2.24) is 0 Å². The summed E-state index contributed by atoms with van der Waals surface area (Å²) >= 11 is 0. The largest absolute Gasteiger partial charge is 0.468 e. The van der Waals surface area contributed by atoms with E-state index in [1.165, 1.54) is 7.11 Å². The highest BCUT2D eigenvalue weighted by atomic mass is 16.5. The van der Waals surface area contributed by atoms with E-state index in [1.807, 2.05) is 24.3 Å². The van der Waals surface area contributed by atoms with Crippen LogP contribution in [0.4, 0.5) is 5.69 Å². The van der Waals surface area contributed by atoms with Gasteiger partial charge in [-0.25, -0.2) is 0 Å². The monoisotopic (exact) mass is 230 g/mol. The van der Waals surface area contributed by atoms with Gasteiger partial charge < -0.3 is 10.1 Å². The molecule has 17 heavy (non-hydrogen) atoms. The molecule has 1 N–H and O–H groups in total. The van der Waals surface area contributed by atoms with Crippen molar-refractivity contribution in [2.45, 2.75) is 18.3 Å². The molecule has 0 spiro atoms. The van der Waals surface area contributed by atoms with Crippen LogP contribution in [0.1, 0.15) is 18.4 Å². The Morgan fingerprint density at radius 3 is 3.06 bits per heavy atom. The van der Waals surface area contributed by atoms with Crippen molar-refractivity contribution in [2.75, 3.05) is 19.0 Å². The van der Waals surface area contributed by atoms with Crippen LogP contribution in [0.15, 0.2) is 24.3 Å². The molecule has 0 aromatic heterocycles. The molecule has 1 aliphatic rings. The number of nitriles is 1. The highest BCUT2D eigenvalue weighted by molar-refractivity contribution is 5.88. The van der Waals surface area contributed by atoms with Crippen molar-refractivity contribution < 1.29 is 9.53 Å². The summed E-state index contributed by atoms with van der Waals surface area (Å²) in [6.45, 7) is 0.501. The average molecular weight is 230 g/mol. The summed E-state index contributed by atoms with van der Waals surface area (Å²) in [5.41, 5.74) is 1.18. The number of carbonyl (C=O) groups is 1. The minimum atomic E-state index is -0.707. The van der Waals surface area contributed by atoms with E-state index in [9.17, 15) is 4.79 Å². The number of nitrogens with one attached hydrogen (secondary N) is 1. The minimum absolute atomic E-state index is 0.273. The van der Waals surface area contributed by atoms with Gasteiger partial charge in [-0.15, -0.1) is 0 Å². The second kappa shape index (κ2) is 4.46. The number of fused-ring (bicyclic) bond motifs is 1. The van der Waals surface area contributed by atoms with Gasteiger partial charge in [0, 0.05) is 18.7 Å². The third-order valence-electron chi connectivity index (χ3n) is 3.26. The summed E-state index contributed by atoms with van der Waals surface area (Å²) in [7, 11) is 1.39. The molecule has 1 atom stereocenters. The number of carbonyl (C=O) groups excluding carboxylic acids is 1. The highest BCUT2D eigenvalue weighted by Crippen LogP contribution is 2.40. The van der Waals surface area contributed by atoms with E-state index in [0.717, 1.165) is 11.3 Å². The van der Waals surface area contributed by atoms with E-state index in [-0.39, 0.29) is 5.97 Å². The Labute approximate surface area is 100 Å². The predicted molar refractivity (Wildman–Crippen MR) is 63.5 cm³/mol. The van der Waals surface area contributed by atoms with E-state index in [2.05, 4.69) is 11.4 Å². The lowest BCUT2D eigenvalue weighted by Crippen LogP contribution is -2.38. The van der Waals surface area contributed by atoms with Gasteiger partial charge in [0.05, 0.1) is 13.2 Å². The van der Waals surface area contributed by atoms with Crippen LogP contribution >= 0.6 is 0 Å². The molecular weight excluding hydrogens is 216 g/mol. The smallest absolute Gasteiger partial charge is 0.318 e. The first kappa shape index (κ1) is 11.5. The maximum Gasteiger partial charge on any atom is 0.318 e. The standard InChI is InChI=1S/C13H14N2O2/c1-17-12(16)13(7-4-8-14)9-15-11-6-3-2-5-10(11)13/h2-3,5-6,15H,4,7,9H2,1H3. The fourth-order valence-electron chi connectivity index (χ4n) is 2.37. The molecule has 0 saturated heterocycles. The number of benzene rings is 1. The van der Waals surface area contributed by atoms with Crippen LogP contribution in [0.2, 0.25) is 0 Å². The first-order valence-corrected chi connectivity index (χ1v) is 5.53. The molecule has 88 valence electrons. The summed E-state index contributed by atoms with van der Waals surface area (Å²) in [5, 5.41) is 11.9. The van der Waals surface area contributed by atoms with Crippen LogP contribution in [0, 0.1) is 11.3 Å². The summed E-state index contributed by atoms with van der Waals surface area (Å²) in [6, 6.07) is 9.77. The minimum Gasteiger partial charge on any atom is -0.468 e. The molecule has 2 rings (SSSR count). The quantitative estimate of drug-likeness (QED) is 0.805. The molecule has 0 radical (unpaired) electrons. The Balaban J connectivity index is 2.43. The van der Waals surface area contributed by atoms with E-state index >= 15 is 0 Å². The summed E-state index contributed by atoms with van der Waals surface area (Å²) in [6.07, 6.45) is 0.825. The third-order valence-corrected chi connectivity index (χ3v) is 3.26. The van der Waals surface area contributed by atoms with E-state index < -0.39 is 5.41 Å². The van der Waals surface area contributed by atoms with E-state index in [4.69, 9.17) is 10.00 Å². The van der Waals surface area contributed by atoms with Crippen molar-refractivity contribution in [1.29, 1.82) is 5.26 Å². The maximum atomic E-state index is 12.0. The van der Waals surface area contributed by atoms with Gasteiger partial charge in [0.25, 0.3) is 0 Å². The first-order valence-electron chi connectivity index (χ1n) is 5.53. The van der Waals surface area contributed by atoms with Crippen molar-refractivity contribution in [2.24, 2.45) is 0 Å². The molecule has 1 heterocycles. The number of rotatable bonds is 3. The van der Waals surface area contributed by atoms with E-state index in [1.54, 1.807) is 0 Å². The van der Waals surface area contributed by atoms with Crippen LogP contribution in [0.3, 0.4) is 0 Å². The van der Waals surface area contributed by atoms with Crippen molar-refractivity contribution in [3.05, 3.63) is 29.8 Å². The Morgan fingerprint density at radius 1 is 1.59 bits per heavy atom. The molecule has 1 aliphatic heterocycles. The van der Waals surface area contributed by atoms with Gasteiger partial charge >= 0.3 is 5.97 Å². The van der Waals surface area contributed by atoms with Crippen molar-refractivity contribution in [3.63, 3.8) is 0 Å². The lowest BCUT2D eigenvalue weighted by molar-refractivity contribution is -0.147. The van der Waals surface area contributed by atoms with Gasteiger partial charge in [-0.3, -0.25) is 4.79 Å². The van der Waals surface area contributed by atoms with Crippen LogP contribution < -0.4 is 5.32 Å². The fourth-order valence-corrected chi connectivity index (χ4v) is 2.37. The van der Waals surface area contributed by atoms with Gasteiger partial charge in [-0.05, 0) is 18.1 Å². The van der Waals surface area contributed by atoms with Gasteiger partial charge in [0.1, 0.15) is 5.41 Å². The van der Waals surface area contributed by atoms with Gasteiger partial charge in [0.15, 0.2) is 0 Å². The second-order valence-corrected chi connectivity index (χ2v) is 4.13. The summed E-state index contributed by atoms with van der Waals surface area (Å²) < 4.78 is 4.90. The summed E-state index contributed by atoms with van der Waals surface area (Å²) in [5.74, 6) is -0.273. The Morgan fingerprint density at radius 2 is 2.35 bits per heavy atom. The zero-order valence-corrected chi connectivity index (χ0v) is 9.69. The molecule has 1 aromatic carbocycles. The van der Waals surface area contributed by atoms with Crippen LogP contribution in [-0.2, 0) is 14.9 Å². The first-order chi connectivity index (χ1) is 8.24. The van der Waals surface area contributed by atoms with Crippen molar-refractivity contribution in [3.8, 4) is 6.07 Å². The Hall–Kier alpha value is -2.02.